The minimum Gasteiger partial charge on any atom is -0.480 e. The zero-order chi connectivity index (χ0) is 38.0. The summed E-state index contributed by atoms with van der Waals surface area (Å²) in [5, 5.41) is 11.1. The predicted molar refractivity (Wildman–Crippen MR) is 221 cm³/mol. The highest BCUT2D eigenvalue weighted by Crippen LogP contribution is 2.15. The Balaban J connectivity index is 4.00. The molecular formula is C46H79NO5. The van der Waals surface area contributed by atoms with Crippen molar-refractivity contribution in [2.45, 2.75) is 206 Å². The molecule has 0 rings (SSSR count). The van der Waals surface area contributed by atoms with E-state index in [1.165, 1.54) is 103 Å². The van der Waals surface area contributed by atoms with Crippen LogP contribution in [0.15, 0.2) is 60.8 Å². The number of carbonyl (C=O) groups excluding carboxylic acids is 2. The van der Waals surface area contributed by atoms with Crippen molar-refractivity contribution in [2.24, 2.45) is 0 Å². The molecular weight excluding hydrogens is 647 g/mol. The van der Waals surface area contributed by atoms with Gasteiger partial charge in [-0.1, -0.05) is 165 Å². The van der Waals surface area contributed by atoms with Gasteiger partial charge in [-0.3, -0.25) is 14.4 Å². The number of unbranched alkanes of at least 4 members (excludes halogenated alkanes) is 19. The van der Waals surface area contributed by atoms with Crippen molar-refractivity contribution in [1.29, 1.82) is 0 Å². The van der Waals surface area contributed by atoms with Gasteiger partial charge in [0.2, 0.25) is 5.91 Å². The van der Waals surface area contributed by atoms with Gasteiger partial charge in [0.25, 0.3) is 0 Å². The van der Waals surface area contributed by atoms with Gasteiger partial charge in [0, 0.05) is 12.8 Å². The zero-order valence-corrected chi connectivity index (χ0v) is 33.6. The van der Waals surface area contributed by atoms with Gasteiger partial charge in [0.05, 0.1) is 0 Å². The molecule has 0 aliphatic rings. The van der Waals surface area contributed by atoms with Gasteiger partial charge >= 0.3 is 11.9 Å². The van der Waals surface area contributed by atoms with Crippen LogP contribution in [0, 0.1) is 0 Å². The summed E-state index contributed by atoms with van der Waals surface area (Å²) in [6.07, 6.45) is 53.8. The van der Waals surface area contributed by atoms with Gasteiger partial charge < -0.3 is 15.2 Å². The van der Waals surface area contributed by atoms with Crippen molar-refractivity contribution in [3.63, 3.8) is 0 Å². The van der Waals surface area contributed by atoms with E-state index >= 15 is 0 Å². The fourth-order valence-electron chi connectivity index (χ4n) is 6.01. The molecule has 1 unspecified atom stereocenters. The van der Waals surface area contributed by atoms with Gasteiger partial charge in [-0.05, 0) is 83.1 Å². The molecule has 0 radical (unpaired) electrons. The number of rotatable bonds is 38. The standard InChI is InChI=1S/C46H79NO5/c1-3-5-7-9-11-13-14-15-16-17-18-19-20-21-22-23-24-25-26-27-29-31-37-41-46(51)52-43(38-34-30-28-12-10-8-6-4-2)39-35-32-33-36-40-44(48)47-42-45(49)50/h6,8,12,14-15,17-18,28,34,38,43H,3-5,7,9-11,13,16,19-27,29-33,35-37,39-42H2,1-2H3,(H,47,48)(H,49,50)/b8-6-,15-14-,18-17-,28-12-,38-34-. The molecule has 0 aromatic heterocycles. The lowest BCUT2D eigenvalue weighted by Gasteiger charge is -2.14. The first-order valence-electron chi connectivity index (χ1n) is 21.4. The van der Waals surface area contributed by atoms with E-state index < -0.39 is 5.97 Å². The average Bonchev–Trinajstić information content (AvgIpc) is 3.13. The van der Waals surface area contributed by atoms with E-state index in [9.17, 15) is 14.4 Å². The maximum Gasteiger partial charge on any atom is 0.322 e. The summed E-state index contributed by atoms with van der Waals surface area (Å²) in [6.45, 7) is 4.07. The Kier molecular flexibility index (Phi) is 38.6. The van der Waals surface area contributed by atoms with Crippen LogP contribution in [0.2, 0.25) is 0 Å². The highest BCUT2D eigenvalue weighted by atomic mass is 16.5. The van der Waals surface area contributed by atoms with Crippen molar-refractivity contribution >= 4 is 17.8 Å². The third kappa shape index (κ3) is 39.9. The van der Waals surface area contributed by atoms with E-state index in [0.29, 0.717) is 12.8 Å². The number of aliphatic carboxylic acids is 1. The van der Waals surface area contributed by atoms with Crippen LogP contribution >= 0.6 is 0 Å². The fourth-order valence-corrected chi connectivity index (χ4v) is 6.01. The highest BCUT2D eigenvalue weighted by molar-refractivity contribution is 5.80. The zero-order valence-electron chi connectivity index (χ0n) is 33.6. The van der Waals surface area contributed by atoms with Crippen LogP contribution in [0.3, 0.4) is 0 Å². The van der Waals surface area contributed by atoms with E-state index in [0.717, 1.165) is 70.6 Å². The number of hydrogen-bond acceptors (Lipinski definition) is 4. The molecule has 0 fully saturated rings. The molecule has 6 nitrogen and oxygen atoms in total. The average molecular weight is 726 g/mol. The van der Waals surface area contributed by atoms with Crippen LogP contribution in [0.4, 0.5) is 0 Å². The first kappa shape index (κ1) is 49.1. The van der Waals surface area contributed by atoms with E-state index in [2.05, 4.69) is 73.8 Å². The molecule has 0 heterocycles. The molecule has 0 aromatic rings. The summed E-state index contributed by atoms with van der Waals surface area (Å²) in [7, 11) is 0. The topological polar surface area (TPSA) is 92.7 Å². The first-order valence-corrected chi connectivity index (χ1v) is 21.4. The van der Waals surface area contributed by atoms with Crippen LogP contribution in [0.25, 0.3) is 0 Å². The van der Waals surface area contributed by atoms with Crippen LogP contribution < -0.4 is 5.32 Å². The van der Waals surface area contributed by atoms with Crippen molar-refractivity contribution < 1.29 is 24.2 Å². The molecule has 1 atom stereocenters. The lowest BCUT2D eigenvalue weighted by molar-refractivity contribution is -0.147. The Morgan fingerprint density at radius 2 is 1.00 bits per heavy atom. The summed E-state index contributed by atoms with van der Waals surface area (Å²) in [5.74, 6) is -1.37. The first-order chi connectivity index (χ1) is 25.5. The quantitative estimate of drug-likeness (QED) is 0.0375. The molecule has 0 saturated heterocycles. The second-order valence-electron chi connectivity index (χ2n) is 14.2. The maximum atomic E-state index is 12.7. The molecule has 2 N–H and O–H groups in total. The molecule has 52 heavy (non-hydrogen) atoms. The molecule has 0 saturated carbocycles. The van der Waals surface area contributed by atoms with E-state index in [1.54, 1.807) is 0 Å². The SMILES string of the molecule is CC/C=C\C/C=C\C/C=C\C(CCCCCCC(=O)NCC(=O)O)OC(=O)CCCCCCCCCCCCC/C=C\C/C=C\CCCCCCC. The lowest BCUT2D eigenvalue weighted by atomic mass is 10.0. The number of allylic oxidation sites excluding steroid dienone is 9. The molecule has 0 aliphatic heterocycles. The summed E-state index contributed by atoms with van der Waals surface area (Å²) in [5.41, 5.74) is 0. The van der Waals surface area contributed by atoms with Gasteiger partial charge in [-0.15, -0.1) is 0 Å². The summed E-state index contributed by atoms with van der Waals surface area (Å²) in [6, 6.07) is 0. The second kappa shape index (κ2) is 40.9. The molecule has 1 amide bonds. The van der Waals surface area contributed by atoms with Crippen LogP contribution in [0.1, 0.15) is 200 Å². The monoisotopic (exact) mass is 726 g/mol. The predicted octanol–water partition coefficient (Wildman–Crippen LogP) is 13.2. The molecule has 0 spiro atoms. The number of nitrogens with one attached hydrogen (secondary N) is 1. The Hall–Kier alpha value is -2.89. The van der Waals surface area contributed by atoms with Gasteiger partial charge in [-0.2, -0.15) is 0 Å². The van der Waals surface area contributed by atoms with Crippen molar-refractivity contribution in [3.8, 4) is 0 Å². The van der Waals surface area contributed by atoms with Crippen LogP contribution in [0.5, 0.6) is 0 Å². The van der Waals surface area contributed by atoms with Crippen molar-refractivity contribution in [3.05, 3.63) is 60.8 Å². The van der Waals surface area contributed by atoms with Gasteiger partial charge in [0.15, 0.2) is 0 Å². The molecule has 6 heteroatoms. The van der Waals surface area contributed by atoms with Gasteiger partial charge in [-0.25, -0.2) is 0 Å². The minimum absolute atomic E-state index is 0.110. The largest absolute Gasteiger partial charge is 0.480 e. The summed E-state index contributed by atoms with van der Waals surface area (Å²) >= 11 is 0. The highest BCUT2D eigenvalue weighted by Gasteiger charge is 2.12. The van der Waals surface area contributed by atoms with E-state index in [4.69, 9.17) is 9.84 Å². The normalized spacial score (nSPS) is 12.7. The number of ether oxygens (including phenoxy) is 1. The Morgan fingerprint density at radius 1 is 0.538 bits per heavy atom. The van der Waals surface area contributed by atoms with E-state index in [-0.39, 0.29) is 24.5 Å². The molecule has 0 aliphatic carbocycles. The number of carboxylic acids is 1. The summed E-state index contributed by atoms with van der Waals surface area (Å²) in [4.78, 5) is 34.9. The Morgan fingerprint density at radius 3 is 1.56 bits per heavy atom. The lowest BCUT2D eigenvalue weighted by Crippen LogP contribution is -2.28. The Labute approximate surface area is 320 Å². The third-order valence-corrected chi connectivity index (χ3v) is 9.16. The van der Waals surface area contributed by atoms with E-state index in [1.807, 2.05) is 6.08 Å². The molecule has 298 valence electrons. The van der Waals surface area contributed by atoms with Crippen molar-refractivity contribution in [1.82, 2.24) is 5.32 Å². The second-order valence-corrected chi connectivity index (χ2v) is 14.2. The number of amides is 1. The number of esters is 1. The molecule has 0 aromatic carbocycles. The number of carboxylic acid groups (broad SMARTS) is 1. The Bertz CT molecular complexity index is 979. The fraction of sp³-hybridized carbons (Fsp3) is 0.717. The minimum atomic E-state index is -1.03. The summed E-state index contributed by atoms with van der Waals surface area (Å²) < 4.78 is 5.87. The number of carbonyl (C=O) groups is 3. The number of hydrogen-bond donors (Lipinski definition) is 2. The van der Waals surface area contributed by atoms with Crippen LogP contribution in [-0.2, 0) is 19.1 Å². The van der Waals surface area contributed by atoms with Gasteiger partial charge in [0.1, 0.15) is 12.6 Å². The molecule has 0 bridgehead atoms. The van der Waals surface area contributed by atoms with Crippen molar-refractivity contribution in [2.75, 3.05) is 6.54 Å². The van der Waals surface area contributed by atoms with Crippen LogP contribution in [-0.4, -0.2) is 35.6 Å². The maximum absolute atomic E-state index is 12.7. The third-order valence-electron chi connectivity index (χ3n) is 9.16. The smallest absolute Gasteiger partial charge is 0.322 e.